The summed E-state index contributed by atoms with van der Waals surface area (Å²) in [6, 6.07) is 8.00. The maximum Gasteiger partial charge on any atom is 0.418 e. The fraction of sp³-hybridized carbons (Fsp3) is 0.500. The van der Waals surface area contributed by atoms with Gasteiger partial charge in [-0.1, -0.05) is 30.3 Å². The van der Waals surface area contributed by atoms with Gasteiger partial charge in [0.25, 0.3) is 0 Å². The lowest BCUT2D eigenvalue weighted by Gasteiger charge is -2.26. The molecule has 1 saturated carbocycles. The molecule has 3 atom stereocenters. The highest BCUT2D eigenvalue weighted by molar-refractivity contribution is 5.83. The first-order valence-corrected chi connectivity index (χ1v) is 6.39. The number of halogens is 4. The molecule has 3 unspecified atom stereocenters. The quantitative estimate of drug-likeness (QED) is 0.839. The Kier molecular flexibility index (Phi) is 3.73. The van der Waals surface area contributed by atoms with Crippen LogP contribution < -0.4 is 5.32 Å². The molecule has 2 rings (SSSR count). The zero-order valence-electron chi connectivity index (χ0n) is 11.2. The van der Waals surface area contributed by atoms with Gasteiger partial charge in [-0.2, -0.15) is 13.2 Å². The summed E-state index contributed by atoms with van der Waals surface area (Å²) in [5, 5.41) is 11.2. The second-order valence-electron chi connectivity index (χ2n) is 5.47. The summed E-state index contributed by atoms with van der Waals surface area (Å²) in [5.41, 5.74) is -4.55. The smallest absolute Gasteiger partial charge is 0.379 e. The number of rotatable bonds is 4. The Labute approximate surface area is 119 Å². The van der Waals surface area contributed by atoms with Crippen LogP contribution in [0.5, 0.6) is 0 Å². The van der Waals surface area contributed by atoms with Crippen molar-refractivity contribution in [3.05, 3.63) is 35.9 Å². The lowest BCUT2D eigenvalue weighted by Crippen LogP contribution is -2.51. The summed E-state index contributed by atoms with van der Waals surface area (Å²) in [6.07, 6.45) is -4.94. The van der Waals surface area contributed by atoms with E-state index in [1.165, 1.54) is 12.1 Å². The molecule has 1 aromatic carbocycles. The molecular weight excluding hydrogens is 290 g/mol. The van der Waals surface area contributed by atoms with Gasteiger partial charge in [0, 0.05) is 6.42 Å². The number of hydrogen-bond donors (Lipinski definition) is 2. The standard InChI is InChI=1S/C14H15F4NO2/c1-12(21,14(16,17)18)8-19-11(20)10-7-13(10,15)9-5-3-2-4-6-9/h2-6,10,21H,7-8H2,1H3,(H,19,20). The van der Waals surface area contributed by atoms with Gasteiger partial charge in [0.1, 0.15) is 5.67 Å². The van der Waals surface area contributed by atoms with E-state index in [0.717, 1.165) is 0 Å². The predicted octanol–water partition coefficient (Wildman–Crippen LogP) is 2.30. The number of nitrogens with one attached hydrogen (secondary N) is 1. The molecule has 21 heavy (non-hydrogen) atoms. The van der Waals surface area contributed by atoms with Crippen molar-refractivity contribution in [2.45, 2.75) is 30.8 Å². The number of aliphatic hydroxyl groups is 1. The summed E-state index contributed by atoms with van der Waals surface area (Å²) >= 11 is 0. The maximum atomic E-state index is 14.5. The summed E-state index contributed by atoms with van der Waals surface area (Å²) in [6.45, 7) is -0.448. The van der Waals surface area contributed by atoms with Crippen LogP contribution in [0.25, 0.3) is 0 Å². The summed E-state index contributed by atoms with van der Waals surface area (Å²) in [5.74, 6) is -1.85. The molecule has 2 N–H and O–H groups in total. The fourth-order valence-corrected chi connectivity index (χ4v) is 2.06. The topological polar surface area (TPSA) is 49.3 Å². The van der Waals surface area contributed by atoms with Crippen molar-refractivity contribution in [2.75, 3.05) is 6.54 Å². The van der Waals surface area contributed by atoms with Crippen LogP contribution in [0.15, 0.2) is 30.3 Å². The number of benzene rings is 1. The number of carbonyl (C=O) groups is 1. The molecule has 0 aliphatic heterocycles. The molecule has 116 valence electrons. The van der Waals surface area contributed by atoms with Gasteiger partial charge in [-0.25, -0.2) is 4.39 Å². The van der Waals surface area contributed by atoms with Crippen LogP contribution in [-0.4, -0.2) is 29.3 Å². The molecule has 7 heteroatoms. The van der Waals surface area contributed by atoms with E-state index < -0.39 is 35.8 Å². The third-order valence-electron chi connectivity index (χ3n) is 3.68. The minimum atomic E-state index is -4.87. The molecule has 3 nitrogen and oxygen atoms in total. The zero-order valence-corrected chi connectivity index (χ0v) is 11.2. The average Bonchev–Trinajstić information content (AvgIpc) is 3.10. The first-order chi connectivity index (χ1) is 9.58. The zero-order chi connectivity index (χ0) is 15.9. The van der Waals surface area contributed by atoms with Crippen LogP contribution >= 0.6 is 0 Å². The van der Waals surface area contributed by atoms with Crippen molar-refractivity contribution in [1.82, 2.24) is 5.32 Å². The molecule has 0 aromatic heterocycles. The lowest BCUT2D eigenvalue weighted by molar-refractivity contribution is -0.250. The number of alkyl halides is 4. The average molecular weight is 305 g/mol. The van der Waals surface area contributed by atoms with Crippen molar-refractivity contribution in [1.29, 1.82) is 0 Å². The third kappa shape index (κ3) is 3.02. The van der Waals surface area contributed by atoms with Crippen LogP contribution in [0.2, 0.25) is 0 Å². The Bertz CT molecular complexity index is 530. The van der Waals surface area contributed by atoms with Crippen molar-refractivity contribution >= 4 is 5.91 Å². The van der Waals surface area contributed by atoms with Gasteiger partial charge in [-0.3, -0.25) is 4.79 Å². The molecule has 0 heterocycles. The molecule has 1 amide bonds. The Morgan fingerprint density at radius 3 is 2.48 bits per heavy atom. The van der Waals surface area contributed by atoms with Crippen molar-refractivity contribution in [2.24, 2.45) is 5.92 Å². The second kappa shape index (κ2) is 4.98. The molecule has 1 aliphatic carbocycles. The molecule has 1 aliphatic rings. The maximum absolute atomic E-state index is 14.5. The minimum absolute atomic E-state index is 0.0724. The van der Waals surface area contributed by atoms with E-state index in [1.54, 1.807) is 18.2 Å². The van der Waals surface area contributed by atoms with Gasteiger partial charge in [-0.05, 0) is 12.5 Å². The first kappa shape index (κ1) is 15.8. The summed E-state index contributed by atoms with van der Waals surface area (Å²) in [4.78, 5) is 11.7. The molecule has 1 aromatic rings. The van der Waals surface area contributed by atoms with E-state index in [-0.39, 0.29) is 6.42 Å². The number of carbonyl (C=O) groups excluding carboxylic acids is 1. The Morgan fingerprint density at radius 2 is 1.95 bits per heavy atom. The van der Waals surface area contributed by atoms with Gasteiger partial charge in [-0.15, -0.1) is 0 Å². The van der Waals surface area contributed by atoms with Gasteiger partial charge < -0.3 is 10.4 Å². The van der Waals surface area contributed by atoms with Crippen molar-refractivity contribution < 1.29 is 27.5 Å². The number of amides is 1. The highest BCUT2D eigenvalue weighted by Crippen LogP contribution is 2.55. The van der Waals surface area contributed by atoms with Crippen LogP contribution in [0.3, 0.4) is 0 Å². The Morgan fingerprint density at radius 1 is 1.38 bits per heavy atom. The molecule has 0 spiro atoms. The van der Waals surface area contributed by atoms with Crippen LogP contribution in [0.4, 0.5) is 17.6 Å². The van der Waals surface area contributed by atoms with Gasteiger partial charge in [0.15, 0.2) is 5.60 Å². The normalized spacial score (nSPS) is 27.8. The van der Waals surface area contributed by atoms with Crippen LogP contribution in [0, 0.1) is 5.92 Å². The largest absolute Gasteiger partial charge is 0.418 e. The SMILES string of the molecule is CC(O)(CNC(=O)C1CC1(F)c1ccccc1)C(F)(F)F. The minimum Gasteiger partial charge on any atom is -0.379 e. The van der Waals surface area contributed by atoms with Gasteiger partial charge in [0.05, 0.1) is 12.5 Å². The van der Waals surface area contributed by atoms with Crippen molar-refractivity contribution in [3.63, 3.8) is 0 Å². The van der Waals surface area contributed by atoms with E-state index in [2.05, 4.69) is 0 Å². The molecular formula is C14H15F4NO2. The van der Waals surface area contributed by atoms with E-state index in [9.17, 15) is 27.5 Å². The van der Waals surface area contributed by atoms with E-state index in [1.807, 2.05) is 5.32 Å². The fourth-order valence-electron chi connectivity index (χ4n) is 2.06. The van der Waals surface area contributed by atoms with E-state index >= 15 is 0 Å². The lowest BCUT2D eigenvalue weighted by atomic mass is 10.1. The van der Waals surface area contributed by atoms with Crippen LogP contribution in [-0.2, 0) is 10.5 Å². The Balaban J connectivity index is 1.96. The second-order valence-corrected chi connectivity index (χ2v) is 5.47. The molecule has 0 saturated heterocycles. The van der Waals surface area contributed by atoms with Crippen molar-refractivity contribution in [3.8, 4) is 0 Å². The summed E-state index contributed by atoms with van der Waals surface area (Å²) < 4.78 is 51.8. The highest BCUT2D eigenvalue weighted by atomic mass is 19.4. The predicted molar refractivity (Wildman–Crippen MR) is 67.0 cm³/mol. The highest BCUT2D eigenvalue weighted by Gasteiger charge is 2.61. The Hall–Kier alpha value is -1.63. The van der Waals surface area contributed by atoms with Crippen LogP contribution in [0.1, 0.15) is 18.9 Å². The van der Waals surface area contributed by atoms with E-state index in [0.29, 0.717) is 12.5 Å². The molecule has 0 radical (unpaired) electrons. The number of hydrogen-bond acceptors (Lipinski definition) is 2. The first-order valence-electron chi connectivity index (χ1n) is 6.39. The van der Waals surface area contributed by atoms with E-state index in [4.69, 9.17) is 0 Å². The molecule has 1 fully saturated rings. The molecule has 0 bridgehead atoms. The monoisotopic (exact) mass is 305 g/mol. The third-order valence-corrected chi connectivity index (χ3v) is 3.68. The summed E-state index contributed by atoms with van der Waals surface area (Å²) in [7, 11) is 0. The van der Waals surface area contributed by atoms with Gasteiger partial charge in [0.2, 0.25) is 5.91 Å². The van der Waals surface area contributed by atoms with Gasteiger partial charge >= 0.3 is 6.18 Å².